The highest BCUT2D eigenvalue weighted by Gasteiger charge is 2.30. The lowest BCUT2D eigenvalue weighted by atomic mass is 10.2. The average Bonchev–Trinajstić information content (AvgIpc) is 2.61. The van der Waals surface area contributed by atoms with Crippen molar-refractivity contribution in [3.8, 4) is 0 Å². The number of hydrogen-bond acceptors (Lipinski definition) is 5. The van der Waals surface area contributed by atoms with Crippen LogP contribution >= 0.6 is 0 Å². The zero-order valence-electron chi connectivity index (χ0n) is 9.29. The maximum absolute atomic E-state index is 11.7. The first-order chi connectivity index (χ1) is 8.09. The smallest absolute Gasteiger partial charge is 0.311 e. The molecule has 1 fully saturated rings. The number of rotatable bonds is 3. The number of carbonyl (C=O) groups excluding carboxylic acids is 1. The van der Waals surface area contributed by atoms with E-state index in [0.29, 0.717) is 13.0 Å². The fourth-order valence-corrected chi connectivity index (χ4v) is 1.78. The summed E-state index contributed by atoms with van der Waals surface area (Å²) in [7, 11) is 1.71. The van der Waals surface area contributed by atoms with Crippen LogP contribution in [0.3, 0.4) is 0 Å². The predicted octanol–water partition coefficient (Wildman–Crippen LogP) is 0.632. The first-order valence-electron chi connectivity index (χ1n) is 5.20. The Morgan fingerprint density at radius 1 is 1.65 bits per heavy atom. The van der Waals surface area contributed by atoms with Crippen molar-refractivity contribution >= 4 is 17.4 Å². The molecule has 0 aliphatic carbocycles. The Morgan fingerprint density at radius 2 is 2.41 bits per heavy atom. The van der Waals surface area contributed by atoms with Gasteiger partial charge >= 0.3 is 5.69 Å². The molecule has 0 bridgehead atoms. The molecule has 1 aromatic heterocycles. The van der Waals surface area contributed by atoms with Crippen molar-refractivity contribution in [2.45, 2.75) is 12.5 Å². The standard InChI is InChI=1S/C10H12N4O3/c1-13-6-4-7(10(13)15)12-9-8(14(16)17)3-2-5-11-9/h2-3,5,7H,4,6H2,1H3,(H,11,12). The highest BCUT2D eigenvalue weighted by molar-refractivity contribution is 5.86. The fourth-order valence-electron chi connectivity index (χ4n) is 1.78. The van der Waals surface area contributed by atoms with Crippen LogP contribution < -0.4 is 5.32 Å². The number of hydrogen-bond donors (Lipinski definition) is 1. The number of likely N-dealkylation sites (tertiary alicyclic amines) is 1. The molecule has 17 heavy (non-hydrogen) atoms. The SMILES string of the molecule is CN1CCC(Nc2ncccc2[N+](=O)[O-])C1=O. The molecule has 1 unspecified atom stereocenters. The summed E-state index contributed by atoms with van der Waals surface area (Å²) in [5.74, 6) is 0.0797. The van der Waals surface area contributed by atoms with Crippen molar-refractivity contribution in [2.75, 3.05) is 18.9 Å². The molecule has 7 nitrogen and oxygen atoms in total. The van der Waals surface area contributed by atoms with Gasteiger partial charge in [-0.05, 0) is 12.5 Å². The van der Waals surface area contributed by atoms with Crippen molar-refractivity contribution < 1.29 is 9.72 Å². The molecule has 90 valence electrons. The summed E-state index contributed by atoms with van der Waals surface area (Å²) in [5.41, 5.74) is -0.116. The summed E-state index contributed by atoms with van der Waals surface area (Å²) >= 11 is 0. The van der Waals surface area contributed by atoms with E-state index in [0.717, 1.165) is 0 Å². The van der Waals surface area contributed by atoms with Crippen LogP contribution in [0.1, 0.15) is 6.42 Å². The van der Waals surface area contributed by atoms with Crippen LogP contribution in [0.2, 0.25) is 0 Å². The van der Waals surface area contributed by atoms with Gasteiger partial charge in [0, 0.05) is 25.9 Å². The van der Waals surface area contributed by atoms with Gasteiger partial charge in [0.1, 0.15) is 6.04 Å². The Morgan fingerprint density at radius 3 is 3.00 bits per heavy atom. The monoisotopic (exact) mass is 236 g/mol. The topological polar surface area (TPSA) is 88.4 Å². The van der Waals surface area contributed by atoms with Crippen molar-refractivity contribution in [1.82, 2.24) is 9.88 Å². The van der Waals surface area contributed by atoms with E-state index >= 15 is 0 Å². The molecule has 0 aromatic carbocycles. The summed E-state index contributed by atoms with van der Waals surface area (Å²) in [6.45, 7) is 0.650. The molecule has 2 heterocycles. The number of anilines is 1. The number of nitro groups is 1. The summed E-state index contributed by atoms with van der Waals surface area (Å²) in [4.78, 5) is 27.4. The van der Waals surface area contributed by atoms with Crippen LogP contribution in [-0.4, -0.2) is 40.3 Å². The quantitative estimate of drug-likeness (QED) is 0.614. The summed E-state index contributed by atoms with van der Waals surface area (Å²) < 4.78 is 0. The van der Waals surface area contributed by atoms with Gasteiger partial charge in [0.2, 0.25) is 11.7 Å². The maximum Gasteiger partial charge on any atom is 0.311 e. The molecule has 1 aromatic rings. The minimum absolute atomic E-state index is 0.0649. The molecule has 0 radical (unpaired) electrons. The van der Waals surface area contributed by atoms with E-state index in [1.165, 1.54) is 18.3 Å². The molecule has 7 heteroatoms. The first kappa shape index (κ1) is 11.3. The summed E-state index contributed by atoms with van der Waals surface area (Å²) in [5, 5.41) is 13.6. The van der Waals surface area contributed by atoms with Gasteiger partial charge in [-0.25, -0.2) is 4.98 Å². The highest BCUT2D eigenvalue weighted by atomic mass is 16.6. The normalized spacial score (nSPS) is 19.5. The second-order valence-corrected chi connectivity index (χ2v) is 3.87. The van der Waals surface area contributed by atoms with E-state index < -0.39 is 11.0 Å². The van der Waals surface area contributed by atoms with Crippen molar-refractivity contribution in [3.63, 3.8) is 0 Å². The van der Waals surface area contributed by atoms with Crippen LogP contribution in [0.15, 0.2) is 18.3 Å². The third-order valence-electron chi connectivity index (χ3n) is 2.72. The molecule has 0 saturated carbocycles. The van der Waals surface area contributed by atoms with Crippen LogP contribution in [0, 0.1) is 10.1 Å². The fraction of sp³-hybridized carbons (Fsp3) is 0.400. The van der Waals surface area contributed by atoms with Crippen LogP contribution in [0.25, 0.3) is 0 Å². The Balaban J connectivity index is 2.19. The lowest BCUT2D eigenvalue weighted by Gasteiger charge is -2.12. The molecule has 0 spiro atoms. The van der Waals surface area contributed by atoms with E-state index in [9.17, 15) is 14.9 Å². The van der Waals surface area contributed by atoms with E-state index in [1.807, 2.05) is 0 Å². The first-order valence-corrected chi connectivity index (χ1v) is 5.20. The van der Waals surface area contributed by atoms with Crippen molar-refractivity contribution in [3.05, 3.63) is 28.4 Å². The molecule has 2 rings (SSSR count). The van der Waals surface area contributed by atoms with Crippen LogP contribution in [0.5, 0.6) is 0 Å². The van der Waals surface area contributed by atoms with Gasteiger partial charge < -0.3 is 10.2 Å². The van der Waals surface area contributed by atoms with Crippen LogP contribution in [-0.2, 0) is 4.79 Å². The Bertz CT molecular complexity index is 463. The van der Waals surface area contributed by atoms with E-state index in [2.05, 4.69) is 10.3 Å². The van der Waals surface area contributed by atoms with Gasteiger partial charge in [-0.15, -0.1) is 0 Å². The molecule has 1 aliphatic rings. The molecule has 1 N–H and O–H groups in total. The lowest BCUT2D eigenvalue weighted by Crippen LogP contribution is -2.31. The number of carbonyl (C=O) groups is 1. The van der Waals surface area contributed by atoms with E-state index in [1.54, 1.807) is 11.9 Å². The number of amides is 1. The van der Waals surface area contributed by atoms with Crippen molar-refractivity contribution in [1.29, 1.82) is 0 Å². The Hall–Kier alpha value is -2.18. The highest BCUT2D eigenvalue weighted by Crippen LogP contribution is 2.23. The number of aromatic nitrogens is 1. The summed E-state index contributed by atoms with van der Waals surface area (Å²) in [6.07, 6.45) is 2.08. The molecule has 1 atom stereocenters. The second-order valence-electron chi connectivity index (χ2n) is 3.87. The zero-order chi connectivity index (χ0) is 12.4. The summed E-state index contributed by atoms with van der Waals surface area (Å²) in [6, 6.07) is 2.43. The molecule has 1 saturated heterocycles. The number of likely N-dealkylation sites (N-methyl/N-ethyl adjacent to an activating group) is 1. The van der Waals surface area contributed by atoms with E-state index in [4.69, 9.17) is 0 Å². The van der Waals surface area contributed by atoms with Gasteiger partial charge in [-0.1, -0.05) is 0 Å². The van der Waals surface area contributed by atoms with Crippen molar-refractivity contribution in [2.24, 2.45) is 0 Å². The number of pyridine rings is 1. The predicted molar refractivity (Wildman–Crippen MR) is 60.6 cm³/mol. The molecular formula is C10H12N4O3. The molecule has 1 aliphatic heterocycles. The zero-order valence-corrected chi connectivity index (χ0v) is 9.29. The average molecular weight is 236 g/mol. The Labute approximate surface area is 97.6 Å². The number of nitrogens with zero attached hydrogens (tertiary/aromatic N) is 3. The third-order valence-corrected chi connectivity index (χ3v) is 2.72. The van der Waals surface area contributed by atoms with Gasteiger partial charge in [-0.2, -0.15) is 0 Å². The van der Waals surface area contributed by atoms with Gasteiger partial charge in [0.25, 0.3) is 0 Å². The van der Waals surface area contributed by atoms with Gasteiger partial charge in [0.05, 0.1) is 4.92 Å². The lowest BCUT2D eigenvalue weighted by molar-refractivity contribution is -0.384. The second kappa shape index (κ2) is 4.36. The third kappa shape index (κ3) is 2.17. The maximum atomic E-state index is 11.7. The number of nitrogens with one attached hydrogen (secondary N) is 1. The molecular weight excluding hydrogens is 224 g/mol. The minimum atomic E-state index is -0.515. The largest absolute Gasteiger partial charge is 0.353 e. The van der Waals surface area contributed by atoms with E-state index in [-0.39, 0.29) is 17.4 Å². The molecule has 1 amide bonds. The van der Waals surface area contributed by atoms with Crippen LogP contribution in [0.4, 0.5) is 11.5 Å². The Kier molecular flexibility index (Phi) is 2.90. The van der Waals surface area contributed by atoms with Gasteiger partial charge in [-0.3, -0.25) is 14.9 Å². The van der Waals surface area contributed by atoms with Gasteiger partial charge in [0.15, 0.2) is 0 Å². The minimum Gasteiger partial charge on any atom is -0.353 e.